The number of nitrogen functional groups attached to an aromatic ring is 1. The van der Waals surface area contributed by atoms with E-state index < -0.39 is 6.09 Å². The van der Waals surface area contributed by atoms with E-state index in [1.807, 2.05) is 0 Å². The van der Waals surface area contributed by atoms with Crippen molar-refractivity contribution >= 4 is 28.9 Å². The number of fused-ring (bicyclic) bond motifs is 1. The van der Waals surface area contributed by atoms with Crippen molar-refractivity contribution in [2.24, 2.45) is 0 Å². The fourth-order valence-corrected chi connectivity index (χ4v) is 1.82. The first-order valence-electron chi connectivity index (χ1n) is 6.38. The van der Waals surface area contributed by atoms with E-state index >= 15 is 0 Å². The number of aromatic amines is 1. The van der Waals surface area contributed by atoms with Gasteiger partial charge in [-0.25, -0.2) is 9.78 Å². The lowest BCUT2D eigenvalue weighted by Gasteiger charge is -2.04. The molecule has 4 N–H and O–H groups in total. The van der Waals surface area contributed by atoms with Gasteiger partial charge in [0.15, 0.2) is 5.65 Å². The highest BCUT2D eigenvalue weighted by Gasteiger charge is 2.09. The van der Waals surface area contributed by atoms with E-state index in [-0.39, 0.29) is 5.95 Å². The molecule has 8 nitrogen and oxygen atoms in total. The molecule has 3 rings (SSSR count). The molecular formula is C14H13N5O3. The van der Waals surface area contributed by atoms with E-state index in [0.29, 0.717) is 28.4 Å². The molecule has 0 radical (unpaired) electrons. The molecule has 8 heteroatoms. The first-order chi connectivity index (χ1) is 10.6. The van der Waals surface area contributed by atoms with Gasteiger partial charge in [0, 0.05) is 11.8 Å². The summed E-state index contributed by atoms with van der Waals surface area (Å²) in [4.78, 5) is 22.3. The number of hydrogen-bond acceptors (Lipinski definition) is 6. The number of methoxy groups -OCH3 is 1. The SMILES string of the molecule is COC(=O)Nc1nc2ncc(Oc3ccc(N)cc3)cc2[nH]1. The Kier molecular flexibility index (Phi) is 3.48. The minimum Gasteiger partial charge on any atom is -0.456 e. The number of ether oxygens (including phenoxy) is 2. The number of carbonyl (C=O) groups excluding carboxylic acids is 1. The zero-order valence-electron chi connectivity index (χ0n) is 11.7. The second kappa shape index (κ2) is 5.60. The summed E-state index contributed by atoms with van der Waals surface area (Å²) in [6.45, 7) is 0. The van der Waals surface area contributed by atoms with E-state index in [1.165, 1.54) is 7.11 Å². The van der Waals surface area contributed by atoms with Gasteiger partial charge in [-0.1, -0.05) is 0 Å². The number of anilines is 2. The number of hydrogen-bond donors (Lipinski definition) is 3. The van der Waals surface area contributed by atoms with Gasteiger partial charge in [0.2, 0.25) is 5.95 Å². The number of aromatic nitrogens is 3. The van der Waals surface area contributed by atoms with E-state index in [4.69, 9.17) is 10.5 Å². The molecule has 1 aromatic carbocycles. The molecule has 0 atom stereocenters. The van der Waals surface area contributed by atoms with E-state index in [0.717, 1.165) is 0 Å². The number of benzene rings is 1. The number of rotatable bonds is 3. The Balaban J connectivity index is 1.83. The molecular weight excluding hydrogens is 286 g/mol. The molecule has 0 spiro atoms. The van der Waals surface area contributed by atoms with Crippen molar-refractivity contribution in [3.63, 3.8) is 0 Å². The summed E-state index contributed by atoms with van der Waals surface area (Å²) in [5.41, 5.74) is 7.36. The topological polar surface area (TPSA) is 115 Å². The number of H-pyrrole nitrogens is 1. The number of nitrogens with two attached hydrogens (primary N) is 1. The summed E-state index contributed by atoms with van der Waals surface area (Å²) in [6.07, 6.45) is 0.930. The molecule has 0 fully saturated rings. The quantitative estimate of drug-likeness (QED) is 0.640. The normalized spacial score (nSPS) is 10.4. The lowest BCUT2D eigenvalue weighted by molar-refractivity contribution is 0.186. The second-order valence-electron chi connectivity index (χ2n) is 4.42. The lowest BCUT2D eigenvalue weighted by atomic mass is 10.3. The van der Waals surface area contributed by atoms with Gasteiger partial charge in [0.1, 0.15) is 11.5 Å². The first kappa shape index (κ1) is 13.7. The Morgan fingerprint density at radius 1 is 1.27 bits per heavy atom. The number of imidazole rings is 1. The average molecular weight is 299 g/mol. The molecule has 0 aliphatic heterocycles. The van der Waals surface area contributed by atoms with Gasteiger partial charge >= 0.3 is 6.09 Å². The predicted molar refractivity (Wildman–Crippen MR) is 80.8 cm³/mol. The number of nitrogens with zero attached hydrogens (tertiary/aromatic N) is 2. The molecule has 1 amide bonds. The molecule has 112 valence electrons. The Bertz CT molecular complexity index is 813. The van der Waals surface area contributed by atoms with Crippen molar-refractivity contribution < 1.29 is 14.3 Å². The molecule has 3 aromatic rings. The number of pyridine rings is 1. The molecule has 0 unspecified atom stereocenters. The molecule has 0 aliphatic carbocycles. The highest BCUT2D eigenvalue weighted by atomic mass is 16.5. The van der Waals surface area contributed by atoms with E-state index in [1.54, 1.807) is 36.5 Å². The Morgan fingerprint density at radius 3 is 2.77 bits per heavy atom. The van der Waals surface area contributed by atoms with Crippen LogP contribution in [-0.2, 0) is 4.74 Å². The maximum atomic E-state index is 11.1. The summed E-state index contributed by atoms with van der Waals surface area (Å²) in [6, 6.07) is 8.74. The zero-order chi connectivity index (χ0) is 15.5. The van der Waals surface area contributed by atoms with Crippen LogP contribution in [0.1, 0.15) is 0 Å². The van der Waals surface area contributed by atoms with Gasteiger partial charge in [0.25, 0.3) is 0 Å². The summed E-state index contributed by atoms with van der Waals surface area (Å²) in [5, 5.41) is 2.43. The van der Waals surface area contributed by atoms with Crippen molar-refractivity contribution in [1.82, 2.24) is 15.0 Å². The van der Waals surface area contributed by atoms with Crippen molar-refractivity contribution in [2.75, 3.05) is 18.2 Å². The van der Waals surface area contributed by atoms with Crippen molar-refractivity contribution in [3.05, 3.63) is 36.5 Å². The molecule has 2 aromatic heterocycles. The van der Waals surface area contributed by atoms with Crippen molar-refractivity contribution in [1.29, 1.82) is 0 Å². The third kappa shape index (κ3) is 2.90. The molecule has 0 saturated carbocycles. The smallest absolute Gasteiger partial charge is 0.413 e. The summed E-state index contributed by atoms with van der Waals surface area (Å²) in [7, 11) is 1.27. The van der Waals surface area contributed by atoms with Gasteiger partial charge in [-0.2, -0.15) is 4.98 Å². The predicted octanol–water partition coefficient (Wildman–Crippen LogP) is 2.51. The van der Waals surface area contributed by atoms with Crippen LogP contribution in [0.2, 0.25) is 0 Å². The van der Waals surface area contributed by atoms with E-state index in [9.17, 15) is 4.79 Å². The van der Waals surface area contributed by atoms with Gasteiger partial charge in [-0.15, -0.1) is 0 Å². The Hall–Kier alpha value is -3.29. The monoisotopic (exact) mass is 299 g/mol. The van der Waals surface area contributed by atoms with Crippen LogP contribution in [0.5, 0.6) is 11.5 Å². The van der Waals surface area contributed by atoms with Crippen LogP contribution >= 0.6 is 0 Å². The van der Waals surface area contributed by atoms with Crippen molar-refractivity contribution in [2.45, 2.75) is 0 Å². The largest absolute Gasteiger partial charge is 0.456 e. The highest BCUT2D eigenvalue weighted by Crippen LogP contribution is 2.24. The fourth-order valence-electron chi connectivity index (χ4n) is 1.82. The van der Waals surface area contributed by atoms with Gasteiger partial charge in [-0.05, 0) is 24.3 Å². The van der Waals surface area contributed by atoms with Crippen molar-refractivity contribution in [3.8, 4) is 11.5 Å². The van der Waals surface area contributed by atoms with Crippen LogP contribution in [0, 0.1) is 0 Å². The third-order valence-corrected chi connectivity index (χ3v) is 2.83. The Morgan fingerprint density at radius 2 is 2.05 bits per heavy atom. The van der Waals surface area contributed by atoms with Gasteiger partial charge < -0.3 is 20.2 Å². The third-order valence-electron chi connectivity index (χ3n) is 2.83. The maximum Gasteiger partial charge on any atom is 0.413 e. The summed E-state index contributed by atoms with van der Waals surface area (Å²) < 4.78 is 10.2. The van der Waals surface area contributed by atoms with Gasteiger partial charge in [-0.3, -0.25) is 5.32 Å². The summed E-state index contributed by atoms with van der Waals surface area (Å²) >= 11 is 0. The zero-order valence-corrected chi connectivity index (χ0v) is 11.7. The molecule has 22 heavy (non-hydrogen) atoms. The Labute approximate surface area is 125 Å². The van der Waals surface area contributed by atoms with Crippen LogP contribution in [0.4, 0.5) is 16.4 Å². The number of carbonyl (C=O) groups is 1. The molecule has 0 saturated heterocycles. The standard InChI is InChI=1S/C14H13N5O3/c1-21-14(20)19-13-17-11-6-10(7-16-12(11)18-13)22-9-4-2-8(15)3-5-9/h2-7H,15H2,1H3,(H2,16,17,18,19,20). The number of nitrogens with one attached hydrogen (secondary N) is 2. The van der Waals surface area contributed by atoms with Gasteiger partial charge in [0.05, 0.1) is 18.8 Å². The lowest BCUT2D eigenvalue weighted by Crippen LogP contribution is -2.11. The fraction of sp³-hybridized carbons (Fsp3) is 0.0714. The highest BCUT2D eigenvalue weighted by molar-refractivity contribution is 5.85. The van der Waals surface area contributed by atoms with Crippen LogP contribution < -0.4 is 15.8 Å². The minimum absolute atomic E-state index is 0.249. The minimum atomic E-state index is -0.614. The first-order valence-corrected chi connectivity index (χ1v) is 6.38. The van der Waals surface area contributed by atoms with Crippen LogP contribution in [0.15, 0.2) is 36.5 Å². The van der Waals surface area contributed by atoms with Crippen LogP contribution in [0.3, 0.4) is 0 Å². The summed E-state index contributed by atoms with van der Waals surface area (Å²) in [5.74, 6) is 1.42. The average Bonchev–Trinajstić information content (AvgIpc) is 2.91. The van der Waals surface area contributed by atoms with E-state index in [2.05, 4.69) is 25.0 Å². The van der Waals surface area contributed by atoms with Crippen LogP contribution in [-0.4, -0.2) is 28.2 Å². The second-order valence-corrected chi connectivity index (χ2v) is 4.42. The molecule has 0 aliphatic rings. The molecule has 0 bridgehead atoms. The molecule has 2 heterocycles. The maximum absolute atomic E-state index is 11.1. The van der Waals surface area contributed by atoms with Crippen LogP contribution in [0.25, 0.3) is 11.2 Å². The number of amides is 1.